The first-order chi connectivity index (χ1) is 27.3. The first-order valence-electron chi connectivity index (χ1n) is 18.9. The molecule has 1 heterocycles. The fourth-order valence-electron chi connectivity index (χ4n) is 9.20. The summed E-state index contributed by atoms with van der Waals surface area (Å²) in [5.74, 6) is 0. The molecule has 2 heteroatoms. The van der Waals surface area contributed by atoms with E-state index in [2.05, 4.69) is 217 Å². The Kier molecular flexibility index (Phi) is 7.33. The highest BCUT2D eigenvalue weighted by molar-refractivity contribution is 7.26. The van der Waals surface area contributed by atoms with E-state index in [0.717, 1.165) is 11.4 Å². The molecule has 55 heavy (non-hydrogen) atoms. The van der Waals surface area contributed by atoms with Gasteiger partial charge in [-0.3, -0.25) is 0 Å². The lowest BCUT2D eigenvalue weighted by atomic mass is 9.67. The van der Waals surface area contributed by atoms with Gasteiger partial charge >= 0.3 is 0 Å². The fraction of sp³-hybridized carbons (Fsp3) is 0.0189. The predicted molar refractivity (Wildman–Crippen MR) is 234 cm³/mol. The molecule has 0 N–H and O–H groups in total. The predicted octanol–water partition coefficient (Wildman–Crippen LogP) is 14.7. The number of benzene rings is 9. The average Bonchev–Trinajstić information content (AvgIpc) is 3.79. The van der Waals surface area contributed by atoms with E-state index in [1.54, 1.807) is 0 Å². The van der Waals surface area contributed by atoms with Crippen molar-refractivity contribution >= 4 is 59.3 Å². The van der Waals surface area contributed by atoms with E-state index < -0.39 is 5.41 Å². The van der Waals surface area contributed by atoms with Crippen LogP contribution in [0.4, 0.5) is 17.1 Å². The number of thiophene rings is 1. The summed E-state index contributed by atoms with van der Waals surface area (Å²) < 4.78 is 2.58. The number of fused-ring (bicyclic) bond motifs is 7. The molecule has 1 aromatic heterocycles. The van der Waals surface area contributed by atoms with Gasteiger partial charge in [0.05, 0.1) is 15.8 Å². The minimum absolute atomic E-state index is 0.495. The van der Waals surface area contributed by atoms with Crippen molar-refractivity contribution in [3.63, 3.8) is 0 Å². The third-order valence-corrected chi connectivity index (χ3v) is 12.7. The molecule has 0 fully saturated rings. The van der Waals surface area contributed by atoms with Gasteiger partial charge in [0.2, 0.25) is 0 Å². The van der Waals surface area contributed by atoms with Crippen molar-refractivity contribution < 1.29 is 0 Å². The van der Waals surface area contributed by atoms with Crippen molar-refractivity contribution in [3.05, 3.63) is 235 Å². The number of rotatable bonds is 6. The molecular formula is C53H35NS. The zero-order valence-electron chi connectivity index (χ0n) is 30.1. The molecule has 1 aliphatic rings. The topological polar surface area (TPSA) is 3.24 Å². The second-order valence-corrected chi connectivity index (χ2v) is 15.5. The van der Waals surface area contributed by atoms with Crippen LogP contribution >= 0.6 is 11.3 Å². The number of hydrogen-bond acceptors (Lipinski definition) is 2. The van der Waals surface area contributed by atoms with Crippen LogP contribution in [0.3, 0.4) is 0 Å². The van der Waals surface area contributed by atoms with E-state index in [-0.39, 0.29) is 0 Å². The minimum Gasteiger partial charge on any atom is -0.309 e. The molecule has 1 aliphatic carbocycles. The second-order valence-electron chi connectivity index (χ2n) is 14.4. The molecular weight excluding hydrogens is 683 g/mol. The molecule has 0 aliphatic heterocycles. The highest BCUT2D eigenvalue weighted by atomic mass is 32.1. The van der Waals surface area contributed by atoms with Crippen molar-refractivity contribution in [2.45, 2.75) is 5.41 Å². The Labute approximate surface area is 325 Å². The van der Waals surface area contributed by atoms with Gasteiger partial charge in [-0.2, -0.15) is 0 Å². The summed E-state index contributed by atoms with van der Waals surface area (Å²) in [6, 6.07) is 78.3. The zero-order chi connectivity index (χ0) is 36.3. The lowest BCUT2D eigenvalue weighted by molar-refractivity contribution is 0.768. The maximum Gasteiger partial charge on any atom is 0.0714 e. The summed E-state index contributed by atoms with van der Waals surface area (Å²) in [5, 5.41) is 5.08. The van der Waals surface area contributed by atoms with Gasteiger partial charge < -0.3 is 4.90 Å². The Morgan fingerprint density at radius 1 is 0.382 bits per heavy atom. The second kappa shape index (κ2) is 12.7. The fourth-order valence-corrected chi connectivity index (χ4v) is 10.4. The van der Waals surface area contributed by atoms with Crippen LogP contribution in [0.25, 0.3) is 53.2 Å². The van der Waals surface area contributed by atoms with Crippen LogP contribution < -0.4 is 4.90 Å². The summed E-state index contributed by atoms with van der Waals surface area (Å²) in [4.78, 5) is 2.50. The first-order valence-corrected chi connectivity index (χ1v) is 19.7. The van der Waals surface area contributed by atoms with E-state index in [4.69, 9.17) is 0 Å². The van der Waals surface area contributed by atoms with Crippen LogP contribution in [0.15, 0.2) is 212 Å². The van der Waals surface area contributed by atoms with E-state index in [1.165, 1.54) is 81.1 Å². The van der Waals surface area contributed by atoms with Gasteiger partial charge in [0.1, 0.15) is 0 Å². The van der Waals surface area contributed by atoms with Crippen LogP contribution in [0, 0.1) is 0 Å². The Morgan fingerprint density at radius 3 is 1.82 bits per heavy atom. The highest BCUT2D eigenvalue weighted by Crippen LogP contribution is 2.57. The Balaban J connectivity index is 1.20. The van der Waals surface area contributed by atoms with Crippen molar-refractivity contribution in [2.24, 2.45) is 0 Å². The van der Waals surface area contributed by atoms with Crippen LogP contribution in [-0.4, -0.2) is 0 Å². The quantitative estimate of drug-likeness (QED) is 0.166. The molecule has 0 saturated heterocycles. The molecule has 0 amide bonds. The molecule has 0 saturated carbocycles. The highest BCUT2D eigenvalue weighted by Gasteiger charge is 2.46. The minimum atomic E-state index is -0.495. The number of hydrogen-bond donors (Lipinski definition) is 0. The largest absolute Gasteiger partial charge is 0.309 e. The summed E-state index contributed by atoms with van der Waals surface area (Å²) in [6.45, 7) is 0. The Hall–Kier alpha value is -6.74. The van der Waals surface area contributed by atoms with Crippen molar-refractivity contribution in [1.29, 1.82) is 0 Å². The molecule has 258 valence electrons. The Morgan fingerprint density at radius 2 is 0.982 bits per heavy atom. The van der Waals surface area contributed by atoms with Gasteiger partial charge in [0, 0.05) is 26.8 Å². The Bertz CT molecular complexity index is 3000. The van der Waals surface area contributed by atoms with Gasteiger partial charge in [-0.15, -0.1) is 11.3 Å². The first kappa shape index (κ1) is 31.8. The van der Waals surface area contributed by atoms with E-state index in [0.29, 0.717) is 0 Å². The molecule has 0 atom stereocenters. The monoisotopic (exact) mass is 717 g/mol. The molecule has 0 spiro atoms. The van der Waals surface area contributed by atoms with E-state index in [1.807, 2.05) is 11.3 Å². The van der Waals surface area contributed by atoms with Crippen molar-refractivity contribution in [1.82, 2.24) is 0 Å². The van der Waals surface area contributed by atoms with Crippen LogP contribution in [0.1, 0.15) is 22.3 Å². The van der Waals surface area contributed by atoms with Crippen molar-refractivity contribution in [3.8, 4) is 22.3 Å². The molecule has 11 rings (SSSR count). The van der Waals surface area contributed by atoms with Gasteiger partial charge in [0.15, 0.2) is 0 Å². The third-order valence-electron chi connectivity index (χ3n) is 11.5. The molecule has 1 nitrogen and oxygen atoms in total. The number of anilines is 3. The third kappa shape index (κ3) is 4.85. The summed E-state index contributed by atoms with van der Waals surface area (Å²) in [5.41, 5.74) is 13.1. The molecule has 0 unspecified atom stereocenters. The summed E-state index contributed by atoms with van der Waals surface area (Å²) in [7, 11) is 0. The average molecular weight is 718 g/mol. The standard InChI is InChI=1S/C53H35NS/c1-3-19-38(20-4-1)53(39-21-5-2-6-22-39)48-29-11-9-25-44(48)45-33-32-41(35-49(45)53)54(50-30-15-28-47-46-26-10-12-31-51(46)55-52(47)50)40-23-13-18-37(34-40)43-27-14-17-36-16-7-8-24-42(36)43/h1-35H. The molecule has 0 radical (unpaired) electrons. The smallest absolute Gasteiger partial charge is 0.0714 e. The lowest BCUT2D eigenvalue weighted by Crippen LogP contribution is -2.28. The maximum atomic E-state index is 2.50. The van der Waals surface area contributed by atoms with E-state index in [9.17, 15) is 0 Å². The van der Waals surface area contributed by atoms with Gasteiger partial charge in [-0.25, -0.2) is 0 Å². The summed E-state index contributed by atoms with van der Waals surface area (Å²) in [6.07, 6.45) is 0. The molecule has 10 aromatic rings. The SMILES string of the molecule is c1ccc(C2(c3ccccc3)c3ccccc3-c3ccc(N(c4cccc(-c5cccc6ccccc56)c4)c4cccc5c4sc4ccccc45)cc32)cc1. The zero-order valence-corrected chi connectivity index (χ0v) is 30.9. The maximum absolute atomic E-state index is 2.50. The van der Waals surface area contributed by atoms with Gasteiger partial charge in [-0.1, -0.05) is 176 Å². The summed E-state index contributed by atoms with van der Waals surface area (Å²) >= 11 is 1.88. The molecule has 0 bridgehead atoms. The molecule has 9 aromatic carbocycles. The van der Waals surface area contributed by atoms with Crippen molar-refractivity contribution in [2.75, 3.05) is 4.90 Å². The number of nitrogens with zero attached hydrogens (tertiary/aromatic N) is 1. The van der Waals surface area contributed by atoms with Gasteiger partial charge in [0.25, 0.3) is 0 Å². The van der Waals surface area contributed by atoms with E-state index >= 15 is 0 Å². The van der Waals surface area contributed by atoms with Gasteiger partial charge in [-0.05, 0) is 91.7 Å². The lowest BCUT2D eigenvalue weighted by Gasteiger charge is -2.35. The van der Waals surface area contributed by atoms with Crippen LogP contribution in [0.5, 0.6) is 0 Å². The normalized spacial score (nSPS) is 12.9. The van der Waals surface area contributed by atoms with Crippen LogP contribution in [0.2, 0.25) is 0 Å². The van der Waals surface area contributed by atoms with Crippen LogP contribution in [-0.2, 0) is 5.41 Å².